The second-order valence-electron chi connectivity index (χ2n) is 4.49. The molecule has 1 N–H and O–H groups in total. The van der Waals surface area contributed by atoms with Crippen LogP contribution in [0.4, 0.5) is 0 Å². The van der Waals surface area contributed by atoms with Crippen LogP contribution in [0.1, 0.15) is 24.1 Å². The highest BCUT2D eigenvalue weighted by Gasteiger charge is 2.14. The van der Waals surface area contributed by atoms with Crippen molar-refractivity contribution in [3.05, 3.63) is 70.4 Å². The van der Waals surface area contributed by atoms with Crippen LogP contribution < -0.4 is 5.56 Å². The van der Waals surface area contributed by atoms with Crippen molar-refractivity contribution in [3.8, 4) is 0 Å². The van der Waals surface area contributed by atoms with Gasteiger partial charge in [0.2, 0.25) is 0 Å². The molecule has 0 saturated heterocycles. The molecular weight excluding hydrogens is 238 g/mol. The molecule has 4 nitrogen and oxygen atoms in total. The summed E-state index contributed by atoms with van der Waals surface area (Å²) in [4.78, 5) is 15.8. The molecule has 4 heteroatoms. The molecule has 2 heterocycles. The number of aromatic amines is 1. The highest BCUT2D eigenvalue weighted by molar-refractivity contribution is 5.84. The molecule has 0 bridgehead atoms. The van der Waals surface area contributed by atoms with Crippen LogP contribution in [0.3, 0.4) is 0 Å². The first kappa shape index (κ1) is 11.6. The first-order valence-electron chi connectivity index (χ1n) is 6.14. The molecule has 0 spiro atoms. The van der Waals surface area contributed by atoms with Crippen molar-refractivity contribution in [1.29, 1.82) is 0 Å². The Labute approximate surface area is 110 Å². The van der Waals surface area contributed by atoms with Crippen molar-refractivity contribution in [2.75, 3.05) is 0 Å². The van der Waals surface area contributed by atoms with E-state index in [0.717, 1.165) is 16.6 Å². The van der Waals surface area contributed by atoms with Crippen molar-refractivity contribution in [3.63, 3.8) is 0 Å². The number of rotatable bonds is 2. The number of nitrogens with one attached hydrogen (secondary N) is 1. The molecule has 0 fully saturated rings. The maximum atomic E-state index is 11.8. The van der Waals surface area contributed by atoms with Crippen LogP contribution in [0.15, 0.2) is 53.6 Å². The highest BCUT2D eigenvalue weighted by Crippen LogP contribution is 2.26. The van der Waals surface area contributed by atoms with Gasteiger partial charge in [0.1, 0.15) is 0 Å². The number of pyridine rings is 1. The van der Waals surface area contributed by atoms with E-state index >= 15 is 0 Å². The van der Waals surface area contributed by atoms with E-state index in [2.05, 4.69) is 22.1 Å². The topological polar surface area (TPSA) is 58.6 Å². The van der Waals surface area contributed by atoms with E-state index in [0.29, 0.717) is 5.39 Å². The molecule has 0 unspecified atom stereocenters. The lowest BCUT2D eigenvalue weighted by Crippen LogP contribution is -2.13. The Bertz CT molecular complexity index is 765. The van der Waals surface area contributed by atoms with E-state index in [4.69, 9.17) is 0 Å². The molecule has 2 aromatic heterocycles. The zero-order valence-corrected chi connectivity index (χ0v) is 10.5. The third kappa shape index (κ3) is 2.01. The van der Waals surface area contributed by atoms with E-state index < -0.39 is 0 Å². The molecule has 0 saturated carbocycles. The second kappa shape index (κ2) is 4.65. The molecule has 94 valence electrons. The van der Waals surface area contributed by atoms with Crippen LogP contribution in [-0.4, -0.2) is 15.2 Å². The number of hydrogen-bond acceptors (Lipinski definition) is 3. The van der Waals surface area contributed by atoms with Gasteiger partial charge in [0.25, 0.3) is 5.56 Å². The molecule has 0 aliphatic heterocycles. The lowest BCUT2D eigenvalue weighted by Gasteiger charge is -2.12. The summed E-state index contributed by atoms with van der Waals surface area (Å²) in [5, 5.41) is 8.37. The normalized spacial score (nSPS) is 12.5. The Morgan fingerprint density at radius 2 is 1.74 bits per heavy atom. The molecule has 19 heavy (non-hydrogen) atoms. The Morgan fingerprint density at radius 3 is 2.47 bits per heavy atom. The fourth-order valence-corrected chi connectivity index (χ4v) is 2.28. The van der Waals surface area contributed by atoms with E-state index in [1.165, 1.54) is 0 Å². The third-order valence-corrected chi connectivity index (χ3v) is 3.34. The highest BCUT2D eigenvalue weighted by atomic mass is 16.1. The number of aromatic nitrogens is 3. The summed E-state index contributed by atoms with van der Waals surface area (Å²) in [6.45, 7) is 2.07. The fourth-order valence-electron chi connectivity index (χ4n) is 2.28. The van der Waals surface area contributed by atoms with Gasteiger partial charge >= 0.3 is 0 Å². The molecule has 0 aliphatic rings. The van der Waals surface area contributed by atoms with Crippen LogP contribution in [0.2, 0.25) is 0 Å². The van der Waals surface area contributed by atoms with Gasteiger partial charge in [-0.25, -0.2) is 5.10 Å². The van der Waals surface area contributed by atoms with Crippen LogP contribution in [0.25, 0.3) is 10.8 Å². The molecule has 3 aromatic rings. The summed E-state index contributed by atoms with van der Waals surface area (Å²) in [6.07, 6.45) is 3.53. The lowest BCUT2D eigenvalue weighted by atomic mass is 9.95. The van der Waals surface area contributed by atoms with Crippen molar-refractivity contribution in [1.82, 2.24) is 15.2 Å². The van der Waals surface area contributed by atoms with Gasteiger partial charge in [-0.05, 0) is 23.8 Å². The minimum Gasteiger partial charge on any atom is -0.267 e. The average Bonchev–Trinajstić information content (AvgIpc) is 2.48. The zero-order valence-electron chi connectivity index (χ0n) is 10.5. The van der Waals surface area contributed by atoms with Crippen LogP contribution in [0.5, 0.6) is 0 Å². The molecule has 1 atom stereocenters. The van der Waals surface area contributed by atoms with Gasteiger partial charge in [-0.15, -0.1) is 0 Å². The lowest BCUT2D eigenvalue weighted by molar-refractivity contribution is 0.827. The quantitative estimate of drug-likeness (QED) is 0.761. The Balaban J connectivity index is 2.21. The Hall–Kier alpha value is -2.49. The van der Waals surface area contributed by atoms with E-state index in [1.54, 1.807) is 12.4 Å². The van der Waals surface area contributed by atoms with E-state index in [9.17, 15) is 4.79 Å². The SMILES string of the molecule is C[C@H](c1ccncc1)c1n[nH]c(=O)c2ccccc12. The van der Waals surface area contributed by atoms with Gasteiger partial charge in [-0.2, -0.15) is 5.10 Å². The van der Waals surface area contributed by atoms with Gasteiger partial charge in [0, 0.05) is 23.7 Å². The molecular formula is C15H13N3O. The summed E-state index contributed by atoms with van der Waals surface area (Å²) in [5.74, 6) is 0.102. The van der Waals surface area contributed by atoms with Crippen molar-refractivity contribution < 1.29 is 0 Å². The predicted octanol–water partition coefficient (Wildman–Crippen LogP) is 2.47. The summed E-state index contributed by atoms with van der Waals surface area (Å²) >= 11 is 0. The van der Waals surface area contributed by atoms with Crippen molar-refractivity contribution in [2.45, 2.75) is 12.8 Å². The predicted molar refractivity (Wildman–Crippen MR) is 74.1 cm³/mol. The minimum atomic E-state index is -0.152. The number of H-pyrrole nitrogens is 1. The monoisotopic (exact) mass is 251 g/mol. The molecule has 1 aromatic carbocycles. The summed E-state index contributed by atoms with van der Waals surface area (Å²) in [5.41, 5.74) is 1.85. The molecule has 0 amide bonds. The van der Waals surface area contributed by atoms with Gasteiger partial charge in [-0.1, -0.05) is 25.1 Å². The van der Waals surface area contributed by atoms with Gasteiger partial charge in [-0.3, -0.25) is 9.78 Å². The van der Waals surface area contributed by atoms with Crippen molar-refractivity contribution >= 4 is 10.8 Å². The van der Waals surface area contributed by atoms with Crippen LogP contribution in [0, 0.1) is 0 Å². The first-order valence-corrected chi connectivity index (χ1v) is 6.14. The number of fused-ring (bicyclic) bond motifs is 1. The van der Waals surface area contributed by atoms with Crippen LogP contribution >= 0.6 is 0 Å². The fraction of sp³-hybridized carbons (Fsp3) is 0.133. The number of nitrogens with zero attached hydrogens (tertiary/aromatic N) is 2. The Kier molecular flexibility index (Phi) is 2.83. The van der Waals surface area contributed by atoms with Gasteiger partial charge < -0.3 is 0 Å². The van der Waals surface area contributed by atoms with Gasteiger partial charge in [0.05, 0.1) is 11.1 Å². The Morgan fingerprint density at radius 1 is 1.05 bits per heavy atom. The standard InChI is InChI=1S/C15H13N3O/c1-10(11-6-8-16-9-7-11)14-12-4-2-3-5-13(12)15(19)18-17-14/h2-10H,1H3,(H,18,19)/t10-/m1/s1. The first-order chi connectivity index (χ1) is 9.27. The van der Waals surface area contributed by atoms with Crippen LogP contribution in [-0.2, 0) is 0 Å². The molecule has 3 rings (SSSR count). The smallest absolute Gasteiger partial charge is 0.267 e. The molecule has 0 aliphatic carbocycles. The van der Waals surface area contributed by atoms with Gasteiger partial charge in [0.15, 0.2) is 0 Å². The average molecular weight is 251 g/mol. The maximum absolute atomic E-state index is 11.8. The maximum Gasteiger partial charge on any atom is 0.272 e. The third-order valence-electron chi connectivity index (χ3n) is 3.34. The number of hydrogen-bond donors (Lipinski definition) is 1. The zero-order chi connectivity index (χ0) is 13.2. The number of benzene rings is 1. The van der Waals surface area contributed by atoms with E-state index in [1.807, 2.05) is 36.4 Å². The second-order valence-corrected chi connectivity index (χ2v) is 4.49. The largest absolute Gasteiger partial charge is 0.272 e. The summed E-state index contributed by atoms with van der Waals surface area (Å²) < 4.78 is 0. The van der Waals surface area contributed by atoms with E-state index in [-0.39, 0.29) is 11.5 Å². The summed E-state index contributed by atoms with van der Waals surface area (Å²) in [6, 6.07) is 11.5. The molecule has 0 radical (unpaired) electrons. The van der Waals surface area contributed by atoms with Crippen molar-refractivity contribution in [2.24, 2.45) is 0 Å². The summed E-state index contributed by atoms with van der Waals surface area (Å²) in [7, 11) is 0. The minimum absolute atomic E-state index is 0.102.